The minimum absolute atomic E-state index is 0.00264. The molecular formula is C11H12BrFO. The summed E-state index contributed by atoms with van der Waals surface area (Å²) in [5, 5.41) is 0.281. The molecule has 0 unspecified atom stereocenters. The molecule has 1 aromatic carbocycles. The van der Waals surface area contributed by atoms with Gasteiger partial charge >= 0.3 is 0 Å². The van der Waals surface area contributed by atoms with E-state index in [2.05, 4.69) is 15.9 Å². The first-order valence-corrected chi connectivity index (χ1v) is 5.65. The lowest BCUT2D eigenvalue weighted by Gasteiger charge is -2.05. The van der Waals surface area contributed by atoms with Gasteiger partial charge < -0.3 is 0 Å². The van der Waals surface area contributed by atoms with Gasteiger partial charge in [-0.2, -0.15) is 0 Å². The summed E-state index contributed by atoms with van der Waals surface area (Å²) < 4.78 is 13.6. The molecule has 0 spiro atoms. The number of halogens is 2. The third kappa shape index (κ3) is 2.64. The summed E-state index contributed by atoms with van der Waals surface area (Å²) in [6, 6.07) is 5.20. The van der Waals surface area contributed by atoms with Crippen molar-refractivity contribution in [2.24, 2.45) is 0 Å². The summed E-state index contributed by atoms with van der Waals surface area (Å²) in [4.78, 5) is 11.1. The summed E-state index contributed by atoms with van der Waals surface area (Å²) in [7, 11) is 0. The van der Waals surface area contributed by atoms with Gasteiger partial charge in [-0.3, -0.25) is 4.79 Å². The maximum atomic E-state index is 13.6. The minimum Gasteiger partial charge on any atom is -0.298 e. The van der Waals surface area contributed by atoms with Crippen molar-refractivity contribution in [3.63, 3.8) is 0 Å². The fraction of sp³-hybridized carbons (Fsp3) is 0.364. The van der Waals surface area contributed by atoms with E-state index in [4.69, 9.17) is 0 Å². The van der Waals surface area contributed by atoms with Gasteiger partial charge in [-0.15, -0.1) is 0 Å². The molecule has 0 radical (unpaired) electrons. The molecule has 0 heterocycles. The highest BCUT2D eigenvalue weighted by molar-refractivity contribution is 9.09. The molecule has 76 valence electrons. The van der Waals surface area contributed by atoms with Crippen molar-refractivity contribution in [3.8, 4) is 0 Å². The Balaban J connectivity index is 2.92. The quantitative estimate of drug-likeness (QED) is 0.760. The van der Waals surface area contributed by atoms with Crippen molar-refractivity contribution < 1.29 is 9.18 Å². The van der Waals surface area contributed by atoms with Gasteiger partial charge in [0.1, 0.15) is 11.6 Å². The minimum atomic E-state index is -0.232. The van der Waals surface area contributed by atoms with Gasteiger partial charge in [0.05, 0.1) is 5.33 Å². The van der Waals surface area contributed by atoms with Gasteiger partial charge in [0.15, 0.2) is 0 Å². The molecule has 1 nitrogen and oxygen atoms in total. The van der Waals surface area contributed by atoms with Crippen LogP contribution < -0.4 is 0 Å². The largest absolute Gasteiger partial charge is 0.298 e. The molecule has 0 aliphatic heterocycles. The standard InChI is InChI=1S/C11H12BrFO/c1-2-8-4-3-5-9(11(8)13)6-10(14)7-12/h3-5H,2,6-7H2,1H3. The Labute approximate surface area is 91.5 Å². The van der Waals surface area contributed by atoms with Crippen LogP contribution in [0.2, 0.25) is 0 Å². The molecule has 0 aliphatic rings. The van der Waals surface area contributed by atoms with Gasteiger partial charge in [0, 0.05) is 6.42 Å². The van der Waals surface area contributed by atoms with Crippen LogP contribution in [0, 0.1) is 5.82 Å². The van der Waals surface area contributed by atoms with E-state index < -0.39 is 0 Å². The van der Waals surface area contributed by atoms with Crippen LogP contribution in [0.15, 0.2) is 18.2 Å². The van der Waals surface area contributed by atoms with Crippen LogP contribution in [0.25, 0.3) is 0 Å². The van der Waals surface area contributed by atoms with E-state index >= 15 is 0 Å². The number of carbonyl (C=O) groups excluding carboxylic acids is 1. The van der Waals surface area contributed by atoms with E-state index in [1.807, 2.05) is 6.92 Å². The van der Waals surface area contributed by atoms with Gasteiger partial charge in [-0.05, 0) is 17.5 Å². The summed E-state index contributed by atoms with van der Waals surface area (Å²) in [6.45, 7) is 1.90. The van der Waals surface area contributed by atoms with Crippen molar-refractivity contribution in [1.29, 1.82) is 0 Å². The van der Waals surface area contributed by atoms with E-state index in [0.29, 0.717) is 17.5 Å². The molecule has 0 N–H and O–H groups in total. The van der Waals surface area contributed by atoms with E-state index in [1.165, 1.54) is 0 Å². The monoisotopic (exact) mass is 258 g/mol. The molecule has 0 aliphatic carbocycles. The number of benzene rings is 1. The molecular weight excluding hydrogens is 247 g/mol. The lowest BCUT2D eigenvalue weighted by Crippen LogP contribution is -2.06. The van der Waals surface area contributed by atoms with Gasteiger partial charge in [-0.1, -0.05) is 41.1 Å². The first kappa shape index (κ1) is 11.4. The maximum absolute atomic E-state index is 13.6. The second-order valence-electron chi connectivity index (χ2n) is 3.09. The number of ketones is 1. The van der Waals surface area contributed by atoms with Crippen molar-refractivity contribution in [1.82, 2.24) is 0 Å². The SMILES string of the molecule is CCc1cccc(CC(=O)CBr)c1F. The number of hydrogen-bond acceptors (Lipinski definition) is 1. The molecule has 0 atom stereocenters. The fourth-order valence-corrected chi connectivity index (χ4v) is 1.50. The van der Waals surface area contributed by atoms with Gasteiger partial charge in [0.25, 0.3) is 0 Å². The molecule has 3 heteroatoms. The van der Waals surface area contributed by atoms with Gasteiger partial charge in [0.2, 0.25) is 0 Å². The average Bonchev–Trinajstić information content (AvgIpc) is 2.21. The molecule has 1 rings (SSSR count). The van der Waals surface area contributed by atoms with Crippen molar-refractivity contribution in [3.05, 3.63) is 35.1 Å². The molecule has 0 bridgehead atoms. The predicted molar refractivity (Wildman–Crippen MR) is 58.3 cm³/mol. The third-order valence-electron chi connectivity index (χ3n) is 2.08. The molecule has 0 fully saturated rings. The van der Waals surface area contributed by atoms with E-state index in [-0.39, 0.29) is 23.4 Å². The lowest BCUT2D eigenvalue weighted by molar-refractivity contribution is -0.115. The molecule has 0 saturated heterocycles. The Kier molecular flexibility index (Phi) is 4.26. The van der Waals surface area contributed by atoms with E-state index in [1.54, 1.807) is 18.2 Å². The molecule has 14 heavy (non-hydrogen) atoms. The zero-order chi connectivity index (χ0) is 10.6. The second-order valence-corrected chi connectivity index (χ2v) is 3.65. The highest BCUT2D eigenvalue weighted by Gasteiger charge is 2.09. The molecule has 0 amide bonds. The van der Waals surface area contributed by atoms with Gasteiger partial charge in [-0.25, -0.2) is 4.39 Å². The number of hydrogen-bond donors (Lipinski definition) is 0. The number of alkyl halides is 1. The van der Waals surface area contributed by atoms with Crippen LogP contribution in [-0.4, -0.2) is 11.1 Å². The summed E-state index contributed by atoms with van der Waals surface area (Å²) in [5.74, 6) is -0.235. The van der Waals surface area contributed by atoms with E-state index in [0.717, 1.165) is 0 Å². The Morgan fingerprint density at radius 2 is 2.07 bits per heavy atom. The lowest BCUT2D eigenvalue weighted by atomic mass is 10.0. The maximum Gasteiger partial charge on any atom is 0.147 e. The first-order valence-electron chi connectivity index (χ1n) is 4.53. The van der Waals surface area contributed by atoms with Crippen LogP contribution in [0.5, 0.6) is 0 Å². The molecule has 1 aromatic rings. The Morgan fingerprint density at radius 1 is 1.43 bits per heavy atom. The predicted octanol–water partition coefficient (Wildman–Crippen LogP) is 2.89. The second kappa shape index (κ2) is 5.25. The summed E-state index contributed by atoms with van der Waals surface area (Å²) in [5.41, 5.74) is 1.17. The smallest absolute Gasteiger partial charge is 0.147 e. The average molecular weight is 259 g/mol. The van der Waals surface area contributed by atoms with Crippen molar-refractivity contribution in [2.45, 2.75) is 19.8 Å². The van der Waals surface area contributed by atoms with Crippen molar-refractivity contribution in [2.75, 3.05) is 5.33 Å². The number of carbonyl (C=O) groups is 1. The topological polar surface area (TPSA) is 17.1 Å². The van der Waals surface area contributed by atoms with Crippen LogP contribution >= 0.6 is 15.9 Å². The van der Waals surface area contributed by atoms with Crippen LogP contribution in [0.4, 0.5) is 4.39 Å². The summed E-state index contributed by atoms with van der Waals surface area (Å²) >= 11 is 3.06. The van der Waals surface area contributed by atoms with Crippen LogP contribution in [0.3, 0.4) is 0 Å². The first-order chi connectivity index (χ1) is 6.69. The highest BCUT2D eigenvalue weighted by Crippen LogP contribution is 2.14. The summed E-state index contributed by atoms with van der Waals surface area (Å²) in [6.07, 6.45) is 0.826. The van der Waals surface area contributed by atoms with Crippen LogP contribution in [-0.2, 0) is 17.6 Å². The number of rotatable bonds is 4. The normalized spacial score (nSPS) is 10.2. The van der Waals surface area contributed by atoms with E-state index in [9.17, 15) is 9.18 Å². The molecule has 0 aromatic heterocycles. The Hall–Kier alpha value is -0.700. The number of Topliss-reactive ketones (excluding diaryl/α,β-unsaturated/α-hetero) is 1. The molecule has 0 saturated carbocycles. The fourth-order valence-electron chi connectivity index (χ4n) is 1.30. The van der Waals surface area contributed by atoms with Crippen molar-refractivity contribution >= 4 is 21.7 Å². The zero-order valence-corrected chi connectivity index (χ0v) is 9.60. The Morgan fingerprint density at radius 3 is 2.64 bits per heavy atom. The third-order valence-corrected chi connectivity index (χ3v) is 2.70. The Bertz CT molecular complexity index is 336. The number of aryl methyl sites for hydroxylation is 1. The highest BCUT2D eigenvalue weighted by atomic mass is 79.9. The zero-order valence-electron chi connectivity index (χ0n) is 8.02. The van der Waals surface area contributed by atoms with Crippen LogP contribution in [0.1, 0.15) is 18.1 Å².